The average Bonchev–Trinajstić information content (AvgIpc) is 2.34. The molecule has 0 heterocycles. The van der Waals surface area contributed by atoms with Crippen LogP contribution >= 0.6 is 11.6 Å². The Bertz CT molecular complexity index is 615. The van der Waals surface area contributed by atoms with Gasteiger partial charge < -0.3 is 5.11 Å². The van der Waals surface area contributed by atoms with Crippen molar-refractivity contribution in [1.29, 1.82) is 0 Å². The van der Waals surface area contributed by atoms with Crippen LogP contribution in [0.25, 0.3) is 0 Å². The number of halogens is 1. The summed E-state index contributed by atoms with van der Waals surface area (Å²) in [6.07, 6.45) is 0. The van der Waals surface area contributed by atoms with Crippen molar-refractivity contribution in [2.75, 3.05) is 0 Å². The molecule has 1 atom stereocenters. The summed E-state index contributed by atoms with van der Waals surface area (Å²) in [6, 6.07) is 11.6. The molecule has 2 aromatic rings. The van der Waals surface area contributed by atoms with Gasteiger partial charge in [0.15, 0.2) is 0 Å². The average molecular weight is 275 g/mol. The predicted octanol–water partition coefficient (Wildman–Crippen LogP) is 4.52. The van der Waals surface area contributed by atoms with Crippen LogP contribution in [-0.2, 0) is 5.60 Å². The van der Waals surface area contributed by atoms with Gasteiger partial charge in [0.1, 0.15) is 5.60 Å². The van der Waals surface area contributed by atoms with E-state index in [9.17, 15) is 5.11 Å². The summed E-state index contributed by atoms with van der Waals surface area (Å²) in [5.74, 6) is 0. The highest BCUT2D eigenvalue weighted by molar-refractivity contribution is 6.31. The third-order valence-electron chi connectivity index (χ3n) is 3.76. The van der Waals surface area contributed by atoms with E-state index in [1.165, 1.54) is 11.1 Å². The second kappa shape index (κ2) is 4.99. The van der Waals surface area contributed by atoms with E-state index in [1.54, 1.807) is 6.92 Å². The molecule has 1 N–H and O–H groups in total. The van der Waals surface area contributed by atoms with Crippen LogP contribution in [-0.4, -0.2) is 5.11 Å². The van der Waals surface area contributed by atoms with Gasteiger partial charge in [0.2, 0.25) is 0 Å². The Morgan fingerprint density at radius 3 is 2.11 bits per heavy atom. The Balaban J connectivity index is 2.63. The van der Waals surface area contributed by atoms with Gasteiger partial charge in [-0.15, -0.1) is 0 Å². The SMILES string of the molecule is Cc1cc(C)c(C(C)(O)c2ccccc2Cl)cc1C. The van der Waals surface area contributed by atoms with Gasteiger partial charge in [-0.2, -0.15) is 0 Å². The first kappa shape index (κ1) is 14.1. The molecule has 19 heavy (non-hydrogen) atoms. The molecule has 0 aromatic heterocycles. The second-order valence-electron chi connectivity index (χ2n) is 5.30. The molecule has 0 aliphatic rings. The molecule has 0 saturated heterocycles. The molecule has 0 aliphatic heterocycles. The Morgan fingerprint density at radius 2 is 1.47 bits per heavy atom. The van der Waals surface area contributed by atoms with E-state index in [0.29, 0.717) is 5.02 Å². The number of aryl methyl sites for hydroxylation is 3. The van der Waals surface area contributed by atoms with Crippen molar-refractivity contribution in [2.24, 2.45) is 0 Å². The summed E-state index contributed by atoms with van der Waals surface area (Å²) in [6.45, 7) is 7.95. The zero-order valence-corrected chi connectivity index (χ0v) is 12.5. The fraction of sp³-hybridized carbons (Fsp3) is 0.294. The van der Waals surface area contributed by atoms with Gasteiger partial charge >= 0.3 is 0 Å². The van der Waals surface area contributed by atoms with Crippen LogP contribution in [0.3, 0.4) is 0 Å². The molecule has 2 rings (SSSR count). The van der Waals surface area contributed by atoms with Gasteiger partial charge in [0.05, 0.1) is 0 Å². The Labute approximate surface area is 119 Å². The van der Waals surface area contributed by atoms with Crippen LogP contribution in [0.15, 0.2) is 36.4 Å². The van der Waals surface area contributed by atoms with Gasteiger partial charge in [0, 0.05) is 10.6 Å². The van der Waals surface area contributed by atoms with Gasteiger partial charge in [-0.25, -0.2) is 0 Å². The van der Waals surface area contributed by atoms with Crippen molar-refractivity contribution in [3.05, 3.63) is 69.2 Å². The van der Waals surface area contributed by atoms with Crippen LogP contribution in [0.2, 0.25) is 5.02 Å². The summed E-state index contributed by atoms with van der Waals surface area (Å²) in [5, 5.41) is 11.5. The fourth-order valence-corrected chi connectivity index (χ4v) is 2.81. The van der Waals surface area contributed by atoms with E-state index >= 15 is 0 Å². The van der Waals surface area contributed by atoms with Crippen molar-refractivity contribution in [3.63, 3.8) is 0 Å². The molecule has 0 bridgehead atoms. The molecular formula is C17H19ClO. The lowest BCUT2D eigenvalue weighted by Gasteiger charge is -2.28. The van der Waals surface area contributed by atoms with Crippen LogP contribution in [0.4, 0.5) is 0 Å². The lowest BCUT2D eigenvalue weighted by molar-refractivity contribution is 0.102. The Kier molecular flexibility index (Phi) is 3.71. The van der Waals surface area contributed by atoms with Crippen LogP contribution < -0.4 is 0 Å². The summed E-state index contributed by atoms with van der Waals surface area (Å²) < 4.78 is 0. The maximum atomic E-state index is 10.9. The third kappa shape index (κ3) is 2.54. The van der Waals surface area contributed by atoms with Gasteiger partial charge in [-0.3, -0.25) is 0 Å². The van der Waals surface area contributed by atoms with Crippen LogP contribution in [0.1, 0.15) is 34.7 Å². The van der Waals surface area contributed by atoms with Crippen molar-refractivity contribution in [3.8, 4) is 0 Å². The van der Waals surface area contributed by atoms with E-state index in [0.717, 1.165) is 16.7 Å². The van der Waals surface area contributed by atoms with Crippen molar-refractivity contribution >= 4 is 11.6 Å². The lowest BCUT2D eigenvalue weighted by Crippen LogP contribution is -2.24. The smallest absolute Gasteiger partial charge is 0.113 e. The fourth-order valence-electron chi connectivity index (χ4n) is 2.49. The molecule has 0 radical (unpaired) electrons. The van der Waals surface area contributed by atoms with E-state index in [2.05, 4.69) is 19.9 Å². The summed E-state index contributed by atoms with van der Waals surface area (Å²) >= 11 is 6.22. The Hall–Kier alpha value is -1.31. The second-order valence-corrected chi connectivity index (χ2v) is 5.71. The monoisotopic (exact) mass is 274 g/mol. The molecule has 100 valence electrons. The molecule has 0 amide bonds. The topological polar surface area (TPSA) is 20.2 Å². The molecule has 2 aromatic carbocycles. The zero-order chi connectivity index (χ0) is 14.2. The van der Waals surface area contributed by atoms with E-state index in [4.69, 9.17) is 11.6 Å². The highest BCUT2D eigenvalue weighted by atomic mass is 35.5. The number of hydrogen-bond donors (Lipinski definition) is 1. The zero-order valence-electron chi connectivity index (χ0n) is 11.8. The largest absolute Gasteiger partial charge is 0.381 e. The predicted molar refractivity (Wildman–Crippen MR) is 80.8 cm³/mol. The third-order valence-corrected chi connectivity index (χ3v) is 4.09. The van der Waals surface area contributed by atoms with E-state index in [1.807, 2.05) is 37.3 Å². The molecule has 2 heteroatoms. The van der Waals surface area contributed by atoms with Gasteiger partial charge in [0.25, 0.3) is 0 Å². The number of rotatable bonds is 2. The number of aliphatic hydroxyl groups is 1. The van der Waals surface area contributed by atoms with E-state index < -0.39 is 5.60 Å². The quantitative estimate of drug-likeness (QED) is 0.854. The Morgan fingerprint density at radius 1 is 0.895 bits per heavy atom. The summed E-state index contributed by atoms with van der Waals surface area (Å²) in [4.78, 5) is 0. The molecule has 0 saturated carbocycles. The van der Waals surface area contributed by atoms with Crippen molar-refractivity contribution in [1.82, 2.24) is 0 Å². The lowest BCUT2D eigenvalue weighted by atomic mass is 9.84. The molecule has 1 nitrogen and oxygen atoms in total. The maximum Gasteiger partial charge on any atom is 0.113 e. The first-order valence-electron chi connectivity index (χ1n) is 6.39. The highest BCUT2D eigenvalue weighted by Crippen LogP contribution is 2.36. The van der Waals surface area contributed by atoms with Gasteiger partial charge in [-0.1, -0.05) is 41.9 Å². The summed E-state index contributed by atoms with van der Waals surface area (Å²) in [7, 11) is 0. The van der Waals surface area contributed by atoms with Crippen LogP contribution in [0, 0.1) is 20.8 Å². The molecule has 0 fully saturated rings. The number of benzene rings is 2. The van der Waals surface area contributed by atoms with Crippen LogP contribution in [0.5, 0.6) is 0 Å². The first-order chi connectivity index (χ1) is 8.84. The van der Waals surface area contributed by atoms with Crippen molar-refractivity contribution in [2.45, 2.75) is 33.3 Å². The minimum absolute atomic E-state index is 0.588. The normalized spacial score (nSPS) is 14.2. The van der Waals surface area contributed by atoms with Crippen molar-refractivity contribution < 1.29 is 5.11 Å². The van der Waals surface area contributed by atoms with E-state index in [-0.39, 0.29) is 0 Å². The molecule has 1 unspecified atom stereocenters. The minimum atomic E-state index is -1.08. The maximum absolute atomic E-state index is 10.9. The van der Waals surface area contributed by atoms with Gasteiger partial charge in [-0.05, 0) is 56.0 Å². The highest BCUT2D eigenvalue weighted by Gasteiger charge is 2.29. The molecule has 0 spiro atoms. The minimum Gasteiger partial charge on any atom is -0.381 e. The standard InChI is InChI=1S/C17H19ClO/c1-11-9-13(3)15(10-12(11)2)17(4,19)14-7-5-6-8-16(14)18/h5-10,19H,1-4H3. The summed E-state index contributed by atoms with van der Waals surface area (Å²) in [5.41, 5.74) is 4.05. The first-order valence-corrected chi connectivity index (χ1v) is 6.77. The molecule has 0 aliphatic carbocycles. The molecular weight excluding hydrogens is 256 g/mol. The number of hydrogen-bond acceptors (Lipinski definition) is 1.